The average Bonchev–Trinajstić information content (AvgIpc) is 2.96. The number of phenols is 7. The number of aliphatic hydroxyl groups is 4. The Hall–Kier alpha value is -4.15. The maximum atomic E-state index is 11.4. The van der Waals surface area contributed by atoms with Gasteiger partial charge in [0, 0.05) is 17.5 Å². The minimum absolute atomic E-state index is 0.464. The van der Waals surface area contributed by atoms with E-state index < -0.39 is 105 Å². The van der Waals surface area contributed by atoms with Gasteiger partial charge in [0.05, 0.1) is 5.56 Å². The number of carbonyl (C=O) groups is 1. The van der Waals surface area contributed by atoms with Crippen LogP contribution in [0, 0.1) is 0 Å². The van der Waals surface area contributed by atoms with Gasteiger partial charge in [0.2, 0.25) is 23.2 Å². The van der Waals surface area contributed by atoms with Gasteiger partial charge in [-0.25, -0.2) is 4.79 Å². The number of carboxylic acid groups (broad SMARTS) is 1. The van der Waals surface area contributed by atoms with Crippen molar-refractivity contribution in [2.24, 2.45) is 0 Å². The molecule has 2 aromatic carbocycles. The second kappa shape index (κ2) is 8.51. The first-order valence-electron chi connectivity index (χ1n) is 9.90. The molecule has 0 aliphatic carbocycles. The van der Waals surface area contributed by atoms with Gasteiger partial charge in [-0.15, -0.1) is 0 Å². The molecule has 0 aromatic heterocycles. The largest absolute Gasteiger partial charge is 0.506 e. The van der Waals surface area contributed by atoms with Crippen molar-refractivity contribution in [1.29, 1.82) is 0 Å². The van der Waals surface area contributed by atoms with E-state index in [9.17, 15) is 66.1 Å². The summed E-state index contributed by atoms with van der Waals surface area (Å²) in [4.78, 5) is 12.3. The van der Waals surface area contributed by atoms with Gasteiger partial charge in [0.1, 0.15) is 17.9 Å². The monoisotopic (exact) mass is 513 g/mol. The molecule has 3 rings (SSSR count). The van der Waals surface area contributed by atoms with Crippen LogP contribution >= 0.6 is 0 Å². The van der Waals surface area contributed by atoms with Crippen molar-refractivity contribution < 1.29 is 70.8 Å². The lowest BCUT2D eigenvalue weighted by molar-refractivity contribution is -0.245. The van der Waals surface area contributed by atoms with Crippen LogP contribution in [0.5, 0.6) is 46.0 Å². The quantitative estimate of drug-likeness (QED) is 0.127. The summed E-state index contributed by atoms with van der Waals surface area (Å²) < 4.78 is 5.32. The first kappa shape index (κ1) is 26.5. The Labute approximate surface area is 201 Å². The summed E-state index contributed by atoms with van der Waals surface area (Å²) in [5.74, 6) is -18.6. The molecule has 0 unspecified atom stereocenters. The van der Waals surface area contributed by atoms with E-state index in [1.807, 2.05) is 0 Å². The summed E-state index contributed by atoms with van der Waals surface area (Å²) >= 11 is 0. The Morgan fingerprint density at radius 2 is 1.39 bits per heavy atom. The molecule has 196 valence electrons. The molecule has 0 amide bonds. The van der Waals surface area contributed by atoms with Crippen LogP contribution in [-0.2, 0) is 17.2 Å². The number of aromatic hydroxyl groups is 7. The van der Waals surface area contributed by atoms with E-state index in [-0.39, 0.29) is 0 Å². The molecule has 0 saturated heterocycles. The van der Waals surface area contributed by atoms with E-state index >= 15 is 0 Å². The summed E-state index contributed by atoms with van der Waals surface area (Å²) in [6.07, 6.45) is 0.133. The molecule has 15 heteroatoms. The molecular formula is C21H23NO14. The van der Waals surface area contributed by atoms with Gasteiger partial charge in [-0.1, -0.05) is 6.08 Å². The minimum Gasteiger partial charge on any atom is -0.506 e. The predicted molar refractivity (Wildman–Crippen MR) is 115 cm³/mol. The highest BCUT2D eigenvalue weighted by Crippen LogP contribution is 2.59. The fourth-order valence-corrected chi connectivity index (χ4v) is 3.59. The van der Waals surface area contributed by atoms with Gasteiger partial charge < -0.3 is 66.0 Å². The smallest absolute Gasteiger partial charge is 0.369 e. The minimum atomic E-state index is -3.98. The normalized spacial score (nSPS) is 14.8. The van der Waals surface area contributed by atoms with Gasteiger partial charge in [0.15, 0.2) is 23.0 Å². The fraction of sp³-hybridized carbons (Fsp3) is 0.286. The number of nitrogens with zero attached hydrogens (tertiary/aromatic N) is 1. The van der Waals surface area contributed by atoms with Crippen LogP contribution < -0.4 is 4.74 Å². The molecule has 1 aliphatic heterocycles. The number of hydrogen-bond donors (Lipinski definition) is 12. The van der Waals surface area contributed by atoms with E-state index in [1.54, 1.807) is 0 Å². The summed E-state index contributed by atoms with van der Waals surface area (Å²) in [6.45, 7) is -0.807. The zero-order valence-electron chi connectivity index (χ0n) is 18.6. The lowest BCUT2D eigenvalue weighted by Gasteiger charge is -2.28. The van der Waals surface area contributed by atoms with Gasteiger partial charge in [-0.3, -0.25) is 4.90 Å². The van der Waals surface area contributed by atoms with E-state index in [0.717, 1.165) is 11.0 Å². The van der Waals surface area contributed by atoms with Crippen molar-refractivity contribution in [3.63, 3.8) is 0 Å². The van der Waals surface area contributed by atoms with Gasteiger partial charge in [-0.05, 0) is 19.7 Å². The Morgan fingerprint density at radius 1 is 0.833 bits per heavy atom. The standard InChI is InChI=1S/C21H23NO14/c1-22(2)20(32,33)4-3-6-8-7(11(23)15(27)16(28)13(8)25)5-36-18-9(6)12(24)10(14(26)17(18)29)21(34,35)19(30)31/h3,23-29,32-35H,4-5H2,1-2H3,(H,30,31). The van der Waals surface area contributed by atoms with E-state index in [0.29, 0.717) is 0 Å². The number of phenolic OH excluding ortho intramolecular Hbond substituents is 7. The van der Waals surface area contributed by atoms with Crippen LogP contribution in [0.3, 0.4) is 0 Å². The number of benzene rings is 2. The highest BCUT2D eigenvalue weighted by atomic mass is 16.5. The average molecular weight is 513 g/mol. The third kappa shape index (κ3) is 3.80. The van der Waals surface area contributed by atoms with E-state index in [4.69, 9.17) is 4.74 Å². The molecule has 1 heterocycles. The number of ether oxygens (including phenoxy) is 1. The molecule has 0 fully saturated rings. The van der Waals surface area contributed by atoms with Crippen LogP contribution in [0.2, 0.25) is 0 Å². The molecule has 0 spiro atoms. The van der Waals surface area contributed by atoms with Crippen LogP contribution in [0.4, 0.5) is 0 Å². The van der Waals surface area contributed by atoms with Crippen molar-refractivity contribution in [2.75, 3.05) is 14.1 Å². The van der Waals surface area contributed by atoms with Crippen molar-refractivity contribution in [3.8, 4) is 46.0 Å². The maximum absolute atomic E-state index is 11.4. The molecule has 36 heavy (non-hydrogen) atoms. The summed E-state index contributed by atoms with van der Waals surface area (Å²) in [5.41, 5.74) is -3.98. The van der Waals surface area contributed by atoms with Crippen molar-refractivity contribution in [1.82, 2.24) is 4.90 Å². The zero-order chi connectivity index (χ0) is 27.5. The second-order valence-electron chi connectivity index (χ2n) is 8.13. The summed E-state index contributed by atoms with van der Waals surface area (Å²) in [5, 5.41) is 122. The molecule has 0 bridgehead atoms. The zero-order valence-corrected chi connectivity index (χ0v) is 18.6. The maximum Gasteiger partial charge on any atom is 0.369 e. The van der Waals surface area contributed by atoms with Crippen LogP contribution in [0.25, 0.3) is 5.57 Å². The highest BCUT2D eigenvalue weighted by Gasteiger charge is 2.46. The van der Waals surface area contributed by atoms with E-state index in [2.05, 4.69) is 0 Å². The molecule has 1 aliphatic rings. The van der Waals surface area contributed by atoms with Crippen LogP contribution in [0.1, 0.15) is 28.7 Å². The Kier molecular flexibility index (Phi) is 6.25. The number of fused-ring (bicyclic) bond motifs is 2. The second-order valence-corrected chi connectivity index (χ2v) is 8.13. The third-order valence-corrected chi connectivity index (χ3v) is 5.72. The topological polar surface area (TPSA) is 272 Å². The molecule has 2 aromatic rings. The predicted octanol–water partition coefficient (Wildman–Crippen LogP) is -1.24. The number of rotatable bonds is 5. The SMILES string of the molecule is CN(C)C(O)(O)CC=C1c2c(O)c(O)c(O)c(O)c2COc2c(O)c(O)c(C(O)(O)C(=O)O)c(O)c21. The third-order valence-electron chi connectivity index (χ3n) is 5.72. The number of aliphatic carboxylic acids is 1. The Morgan fingerprint density at radius 3 is 1.92 bits per heavy atom. The molecule has 0 saturated carbocycles. The van der Waals surface area contributed by atoms with Crippen LogP contribution in [-0.4, -0.2) is 92.2 Å². The van der Waals surface area contributed by atoms with Gasteiger partial charge in [-0.2, -0.15) is 0 Å². The molecule has 0 atom stereocenters. The summed E-state index contributed by atoms with van der Waals surface area (Å²) in [7, 11) is 2.53. The van der Waals surface area contributed by atoms with Crippen molar-refractivity contribution in [2.45, 2.75) is 24.7 Å². The Bertz CT molecular complexity index is 1290. The fourth-order valence-electron chi connectivity index (χ4n) is 3.59. The summed E-state index contributed by atoms with van der Waals surface area (Å²) in [6, 6.07) is 0. The van der Waals surface area contributed by atoms with Gasteiger partial charge in [0.25, 0.3) is 5.79 Å². The first-order chi connectivity index (χ1) is 16.5. The molecule has 0 radical (unpaired) electrons. The number of hydrogen-bond acceptors (Lipinski definition) is 14. The lowest BCUT2D eigenvalue weighted by atomic mass is 9.87. The van der Waals surface area contributed by atoms with Crippen molar-refractivity contribution in [3.05, 3.63) is 28.3 Å². The lowest BCUT2D eigenvalue weighted by Crippen LogP contribution is -2.43. The van der Waals surface area contributed by atoms with Crippen molar-refractivity contribution >= 4 is 11.5 Å². The molecule has 12 N–H and O–H groups in total. The number of carboxylic acids is 1. The van der Waals surface area contributed by atoms with E-state index in [1.165, 1.54) is 14.1 Å². The van der Waals surface area contributed by atoms with Gasteiger partial charge >= 0.3 is 5.97 Å². The molecular weight excluding hydrogens is 490 g/mol. The molecule has 15 nitrogen and oxygen atoms in total. The first-order valence-corrected chi connectivity index (χ1v) is 9.90. The van der Waals surface area contributed by atoms with Crippen LogP contribution in [0.15, 0.2) is 6.08 Å². The highest BCUT2D eigenvalue weighted by molar-refractivity contribution is 5.96. The Balaban J connectivity index is 2.54.